The molecule has 2 heteroatoms. The number of aliphatic hydroxyl groups is 1. The Morgan fingerprint density at radius 1 is 1.16 bits per heavy atom. The molecule has 104 valence electrons. The van der Waals surface area contributed by atoms with Crippen LogP contribution in [0, 0.1) is 11.3 Å². The highest BCUT2D eigenvalue weighted by Crippen LogP contribution is 2.49. The Morgan fingerprint density at radius 3 is 2.58 bits per heavy atom. The van der Waals surface area contributed by atoms with Crippen molar-refractivity contribution >= 4 is 0 Å². The van der Waals surface area contributed by atoms with E-state index in [2.05, 4.69) is 35.2 Å². The SMILES string of the molecule is OCC1(C2CCCN(Cc3ccccc3)C2)CCC1. The van der Waals surface area contributed by atoms with E-state index in [0.717, 1.165) is 6.54 Å². The van der Waals surface area contributed by atoms with Gasteiger partial charge in [-0.15, -0.1) is 0 Å². The molecule has 0 spiro atoms. The summed E-state index contributed by atoms with van der Waals surface area (Å²) in [7, 11) is 0. The van der Waals surface area contributed by atoms with Crippen LogP contribution in [0.4, 0.5) is 0 Å². The van der Waals surface area contributed by atoms with Gasteiger partial charge in [-0.1, -0.05) is 36.8 Å². The predicted molar refractivity (Wildman–Crippen MR) is 77.8 cm³/mol. The summed E-state index contributed by atoms with van der Waals surface area (Å²) in [5.41, 5.74) is 1.69. The average Bonchev–Trinajstić information content (AvgIpc) is 2.40. The summed E-state index contributed by atoms with van der Waals surface area (Å²) in [4.78, 5) is 2.58. The fourth-order valence-corrected chi connectivity index (χ4v) is 3.87. The molecule has 0 amide bonds. The monoisotopic (exact) mass is 259 g/mol. The third-order valence-corrected chi connectivity index (χ3v) is 5.28. The maximum absolute atomic E-state index is 9.75. The van der Waals surface area contributed by atoms with Crippen molar-refractivity contribution in [3.05, 3.63) is 35.9 Å². The predicted octanol–water partition coefficient (Wildman–Crippen LogP) is 3.06. The lowest BCUT2D eigenvalue weighted by Crippen LogP contribution is -2.48. The molecule has 1 saturated heterocycles. The van der Waals surface area contributed by atoms with Gasteiger partial charge in [0.05, 0.1) is 0 Å². The fourth-order valence-electron chi connectivity index (χ4n) is 3.87. The van der Waals surface area contributed by atoms with E-state index in [0.29, 0.717) is 12.5 Å². The zero-order valence-corrected chi connectivity index (χ0v) is 11.7. The third-order valence-electron chi connectivity index (χ3n) is 5.28. The van der Waals surface area contributed by atoms with Crippen LogP contribution in [0.1, 0.15) is 37.7 Å². The molecule has 1 aromatic rings. The molecule has 1 unspecified atom stereocenters. The van der Waals surface area contributed by atoms with Crippen molar-refractivity contribution in [3.63, 3.8) is 0 Å². The Kier molecular flexibility index (Phi) is 3.90. The molecule has 1 heterocycles. The first-order valence-electron chi connectivity index (χ1n) is 7.69. The van der Waals surface area contributed by atoms with Gasteiger partial charge in [-0.05, 0) is 49.1 Å². The maximum atomic E-state index is 9.75. The van der Waals surface area contributed by atoms with E-state index in [4.69, 9.17) is 0 Å². The second-order valence-corrected chi connectivity index (χ2v) is 6.43. The minimum atomic E-state index is 0.273. The molecule has 2 fully saturated rings. The number of aliphatic hydroxyl groups excluding tert-OH is 1. The lowest BCUT2D eigenvalue weighted by molar-refractivity contribution is -0.0448. The molecular weight excluding hydrogens is 234 g/mol. The highest BCUT2D eigenvalue weighted by Gasteiger charge is 2.44. The van der Waals surface area contributed by atoms with E-state index >= 15 is 0 Å². The smallest absolute Gasteiger partial charge is 0.0490 e. The Labute approximate surface area is 116 Å². The van der Waals surface area contributed by atoms with Crippen LogP contribution in [0.2, 0.25) is 0 Å². The van der Waals surface area contributed by atoms with Crippen LogP contribution in [0.25, 0.3) is 0 Å². The molecular formula is C17H25NO. The van der Waals surface area contributed by atoms with Crippen LogP contribution in [0.5, 0.6) is 0 Å². The average molecular weight is 259 g/mol. The van der Waals surface area contributed by atoms with Gasteiger partial charge in [-0.3, -0.25) is 4.90 Å². The van der Waals surface area contributed by atoms with Crippen molar-refractivity contribution in [2.75, 3.05) is 19.7 Å². The molecule has 1 atom stereocenters. The summed E-state index contributed by atoms with van der Waals surface area (Å²) < 4.78 is 0. The molecule has 1 aliphatic carbocycles. The number of rotatable bonds is 4. The molecule has 3 rings (SSSR count). The van der Waals surface area contributed by atoms with Crippen LogP contribution in [0.15, 0.2) is 30.3 Å². The van der Waals surface area contributed by atoms with E-state index in [9.17, 15) is 5.11 Å². The first kappa shape index (κ1) is 13.1. The molecule has 1 saturated carbocycles. The molecule has 0 aromatic heterocycles. The number of nitrogens with zero attached hydrogens (tertiary/aromatic N) is 1. The van der Waals surface area contributed by atoms with Gasteiger partial charge in [0.25, 0.3) is 0 Å². The van der Waals surface area contributed by atoms with Gasteiger partial charge in [-0.25, -0.2) is 0 Å². The quantitative estimate of drug-likeness (QED) is 0.898. The summed E-state index contributed by atoms with van der Waals surface area (Å²) >= 11 is 0. The molecule has 19 heavy (non-hydrogen) atoms. The minimum absolute atomic E-state index is 0.273. The topological polar surface area (TPSA) is 23.5 Å². The lowest BCUT2D eigenvalue weighted by Gasteiger charge is -2.50. The first-order chi connectivity index (χ1) is 9.32. The maximum Gasteiger partial charge on any atom is 0.0490 e. The molecule has 1 N–H and O–H groups in total. The van der Waals surface area contributed by atoms with Crippen LogP contribution < -0.4 is 0 Å². The first-order valence-corrected chi connectivity index (χ1v) is 7.69. The summed E-state index contributed by atoms with van der Waals surface area (Å²) in [6, 6.07) is 10.8. The van der Waals surface area contributed by atoms with Gasteiger partial charge in [0.15, 0.2) is 0 Å². The molecule has 2 nitrogen and oxygen atoms in total. The van der Waals surface area contributed by atoms with Crippen molar-refractivity contribution in [1.82, 2.24) is 4.90 Å². The number of benzene rings is 1. The summed E-state index contributed by atoms with van der Waals surface area (Å²) in [5.74, 6) is 0.712. The van der Waals surface area contributed by atoms with Crippen molar-refractivity contribution in [2.45, 2.75) is 38.6 Å². The Hall–Kier alpha value is -0.860. The van der Waals surface area contributed by atoms with Crippen LogP contribution in [-0.4, -0.2) is 29.7 Å². The second-order valence-electron chi connectivity index (χ2n) is 6.43. The van der Waals surface area contributed by atoms with Crippen LogP contribution in [-0.2, 0) is 6.54 Å². The number of hydrogen-bond donors (Lipinski definition) is 1. The largest absolute Gasteiger partial charge is 0.396 e. The zero-order chi connectivity index (χ0) is 13.1. The standard InChI is InChI=1S/C17H25NO/c19-14-17(9-5-10-17)16-8-4-11-18(13-16)12-15-6-2-1-3-7-15/h1-3,6-7,16,19H,4-5,8-14H2. The van der Waals surface area contributed by atoms with Gasteiger partial charge in [0, 0.05) is 19.7 Å². The highest BCUT2D eigenvalue weighted by atomic mass is 16.3. The molecule has 1 aliphatic heterocycles. The summed E-state index contributed by atoms with van der Waals surface area (Å²) in [6.07, 6.45) is 6.40. The van der Waals surface area contributed by atoms with Gasteiger partial charge in [0.2, 0.25) is 0 Å². The molecule has 1 aromatic carbocycles. The Morgan fingerprint density at radius 2 is 1.95 bits per heavy atom. The van der Waals surface area contributed by atoms with E-state index < -0.39 is 0 Å². The van der Waals surface area contributed by atoms with Gasteiger partial charge < -0.3 is 5.11 Å². The molecule has 0 bridgehead atoms. The third kappa shape index (κ3) is 2.70. The van der Waals surface area contributed by atoms with Crippen molar-refractivity contribution in [2.24, 2.45) is 11.3 Å². The fraction of sp³-hybridized carbons (Fsp3) is 0.647. The Balaban J connectivity index is 1.62. The zero-order valence-electron chi connectivity index (χ0n) is 11.7. The van der Waals surface area contributed by atoms with Crippen LogP contribution >= 0.6 is 0 Å². The highest BCUT2D eigenvalue weighted by molar-refractivity contribution is 5.14. The van der Waals surface area contributed by atoms with Gasteiger partial charge in [-0.2, -0.15) is 0 Å². The number of hydrogen-bond acceptors (Lipinski definition) is 2. The van der Waals surface area contributed by atoms with E-state index in [1.54, 1.807) is 0 Å². The lowest BCUT2D eigenvalue weighted by atomic mass is 9.59. The van der Waals surface area contributed by atoms with Crippen LogP contribution in [0.3, 0.4) is 0 Å². The van der Waals surface area contributed by atoms with E-state index in [1.165, 1.54) is 50.8 Å². The number of piperidine rings is 1. The van der Waals surface area contributed by atoms with E-state index in [-0.39, 0.29) is 5.41 Å². The molecule has 2 aliphatic rings. The normalized spacial score (nSPS) is 26.9. The van der Waals surface area contributed by atoms with Crippen molar-refractivity contribution in [1.29, 1.82) is 0 Å². The van der Waals surface area contributed by atoms with Crippen molar-refractivity contribution in [3.8, 4) is 0 Å². The minimum Gasteiger partial charge on any atom is -0.396 e. The second kappa shape index (κ2) is 5.64. The van der Waals surface area contributed by atoms with Gasteiger partial charge >= 0.3 is 0 Å². The molecule has 0 radical (unpaired) electrons. The Bertz CT molecular complexity index is 393. The summed E-state index contributed by atoms with van der Waals surface area (Å²) in [6.45, 7) is 3.86. The van der Waals surface area contributed by atoms with Gasteiger partial charge in [0.1, 0.15) is 0 Å². The van der Waals surface area contributed by atoms with Crippen molar-refractivity contribution < 1.29 is 5.11 Å². The van der Waals surface area contributed by atoms with E-state index in [1.807, 2.05) is 0 Å². The summed E-state index contributed by atoms with van der Waals surface area (Å²) in [5, 5.41) is 9.75. The number of likely N-dealkylation sites (tertiary alicyclic amines) is 1.